The fourth-order valence-corrected chi connectivity index (χ4v) is 4.66. The molecule has 0 saturated carbocycles. The van der Waals surface area contributed by atoms with Crippen LogP contribution in [-0.4, -0.2) is 42.3 Å². The van der Waals surface area contributed by atoms with Gasteiger partial charge >= 0.3 is 5.97 Å². The largest absolute Gasteiger partial charge is 0.490 e. The Kier molecular flexibility index (Phi) is 8.44. The number of thioether (sulfide) groups is 1. The van der Waals surface area contributed by atoms with E-state index in [1.807, 2.05) is 6.92 Å². The SMILES string of the molecule is CCOc1cc(/C=C2\SC(=O)N(Cc3ccccc3Cl)C2=O)cc(I)c1OCC(=O)OC. The highest BCUT2D eigenvalue weighted by molar-refractivity contribution is 14.1. The van der Waals surface area contributed by atoms with Gasteiger partial charge in [0.2, 0.25) is 0 Å². The standard InChI is InChI=1S/C22H19ClINO6S/c1-3-30-17-9-13(8-16(24)20(17)31-12-19(26)29-2)10-18-21(27)25(22(28)32-18)11-14-6-4-5-7-15(14)23/h4-10H,3,11-12H2,1-2H3/b18-10-. The third kappa shape index (κ3) is 5.76. The third-order valence-electron chi connectivity index (χ3n) is 4.35. The van der Waals surface area contributed by atoms with Crippen molar-refractivity contribution in [2.24, 2.45) is 0 Å². The smallest absolute Gasteiger partial charge is 0.343 e. The van der Waals surface area contributed by atoms with E-state index in [1.165, 1.54) is 12.0 Å². The van der Waals surface area contributed by atoms with E-state index in [-0.39, 0.29) is 24.3 Å². The number of nitrogens with zero attached hydrogens (tertiary/aromatic N) is 1. The normalized spacial score (nSPS) is 14.8. The number of halogens is 2. The van der Waals surface area contributed by atoms with Gasteiger partial charge in [0.1, 0.15) is 0 Å². The molecule has 1 aliphatic rings. The Balaban J connectivity index is 1.85. The van der Waals surface area contributed by atoms with E-state index in [0.717, 1.165) is 11.8 Å². The maximum atomic E-state index is 12.9. The summed E-state index contributed by atoms with van der Waals surface area (Å²) in [6.07, 6.45) is 1.63. The average Bonchev–Trinajstić information content (AvgIpc) is 3.02. The summed E-state index contributed by atoms with van der Waals surface area (Å²) in [5, 5.41) is 0.132. The second-order valence-electron chi connectivity index (χ2n) is 6.49. The first-order chi connectivity index (χ1) is 15.3. The Morgan fingerprint density at radius 3 is 2.66 bits per heavy atom. The molecule has 1 aliphatic heterocycles. The van der Waals surface area contributed by atoms with E-state index in [2.05, 4.69) is 27.3 Å². The van der Waals surface area contributed by atoms with Gasteiger partial charge in [0.15, 0.2) is 18.1 Å². The van der Waals surface area contributed by atoms with Crippen molar-refractivity contribution < 1.29 is 28.6 Å². The Bertz CT molecular complexity index is 1090. The predicted octanol–water partition coefficient (Wildman–Crippen LogP) is 5.13. The van der Waals surface area contributed by atoms with Crippen LogP contribution in [0.15, 0.2) is 41.3 Å². The molecule has 1 fully saturated rings. The fraction of sp³-hybridized carbons (Fsp3) is 0.227. The summed E-state index contributed by atoms with van der Waals surface area (Å²) in [5.41, 5.74) is 1.35. The van der Waals surface area contributed by atoms with E-state index >= 15 is 0 Å². The maximum absolute atomic E-state index is 12.9. The Hall–Kier alpha value is -2.24. The summed E-state index contributed by atoms with van der Waals surface area (Å²) < 4.78 is 16.5. The molecular weight excluding hydrogens is 569 g/mol. The molecule has 0 radical (unpaired) electrons. The quantitative estimate of drug-likeness (QED) is 0.241. The van der Waals surface area contributed by atoms with E-state index in [9.17, 15) is 14.4 Å². The summed E-state index contributed by atoms with van der Waals surface area (Å²) in [5.74, 6) is -0.0786. The lowest BCUT2D eigenvalue weighted by Gasteiger charge is -2.14. The van der Waals surface area contributed by atoms with Crippen molar-refractivity contribution in [2.75, 3.05) is 20.3 Å². The number of methoxy groups -OCH3 is 1. The lowest BCUT2D eigenvalue weighted by atomic mass is 10.1. The first-order valence-electron chi connectivity index (χ1n) is 9.48. The zero-order valence-corrected chi connectivity index (χ0v) is 21.0. The van der Waals surface area contributed by atoms with Gasteiger partial charge in [-0.25, -0.2) is 4.79 Å². The van der Waals surface area contributed by atoms with Crippen LogP contribution in [0.5, 0.6) is 11.5 Å². The van der Waals surface area contributed by atoms with Crippen LogP contribution in [-0.2, 0) is 20.9 Å². The second-order valence-corrected chi connectivity index (χ2v) is 9.05. The number of imide groups is 1. The zero-order chi connectivity index (χ0) is 23.3. The van der Waals surface area contributed by atoms with Gasteiger partial charge in [0.05, 0.1) is 28.7 Å². The summed E-state index contributed by atoms with van der Waals surface area (Å²) in [4.78, 5) is 38.2. The topological polar surface area (TPSA) is 82.1 Å². The van der Waals surface area contributed by atoms with Crippen LogP contribution in [0.3, 0.4) is 0 Å². The molecule has 1 heterocycles. The van der Waals surface area contributed by atoms with E-state index < -0.39 is 5.97 Å². The van der Waals surface area contributed by atoms with Crippen molar-refractivity contribution >= 4 is 69.1 Å². The Labute approximate surface area is 208 Å². The predicted molar refractivity (Wildman–Crippen MR) is 131 cm³/mol. The van der Waals surface area contributed by atoms with Gasteiger partial charge in [0, 0.05) is 5.02 Å². The molecule has 32 heavy (non-hydrogen) atoms. The second kappa shape index (κ2) is 11.1. The Morgan fingerprint density at radius 1 is 1.22 bits per heavy atom. The van der Waals surface area contributed by atoms with Crippen LogP contribution in [0.1, 0.15) is 18.1 Å². The van der Waals surface area contributed by atoms with Crippen molar-refractivity contribution in [3.63, 3.8) is 0 Å². The van der Waals surface area contributed by atoms with Crippen molar-refractivity contribution in [1.82, 2.24) is 4.90 Å². The molecule has 7 nitrogen and oxygen atoms in total. The first kappa shape index (κ1) is 24.4. The molecule has 0 aliphatic carbocycles. The molecule has 168 valence electrons. The van der Waals surface area contributed by atoms with Crippen LogP contribution < -0.4 is 9.47 Å². The number of amides is 2. The Morgan fingerprint density at radius 2 is 1.97 bits per heavy atom. The lowest BCUT2D eigenvalue weighted by molar-refractivity contribution is -0.143. The highest BCUT2D eigenvalue weighted by Crippen LogP contribution is 2.38. The minimum absolute atomic E-state index is 0.101. The fourth-order valence-electron chi connectivity index (χ4n) is 2.85. The number of hydrogen-bond acceptors (Lipinski definition) is 7. The number of ether oxygens (including phenoxy) is 3. The molecule has 0 bridgehead atoms. The van der Waals surface area contributed by atoms with Crippen LogP contribution >= 0.6 is 46.0 Å². The lowest BCUT2D eigenvalue weighted by Crippen LogP contribution is -2.27. The number of rotatable bonds is 8. The molecule has 1 saturated heterocycles. The van der Waals surface area contributed by atoms with Crippen LogP contribution in [0.4, 0.5) is 4.79 Å². The zero-order valence-electron chi connectivity index (χ0n) is 17.2. The molecule has 0 atom stereocenters. The molecule has 0 aromatic heterocycles. The molecule has 2 amide bonds. The minimum Gasteiger partial charge on any atom is -0.490 e. The minimum atomic E-state index is -0.514. The van der Waals surface area contributed by atoms with Gasteiger partial charge in [-0.1, -0.05) is 29.8 Å². The third-order valence-corrected chi connectivity index (χ3v) is 6.43. The van der Waals surface area contributed by atoms with Gasteiger partial charge in [-0.2, -0.15) is 0 Å². The van der Waals surface area contributed by atoms with Gasteiger partial charge in [-0.3, -0.25) is 14.5 Å². The first-order valence-corrected chi connectivity index (χ1v) is 11.8. The highest BCUT2D eigenvalue weighted by Gasteiger charge is 2.35. The summed E-state index contributed by atoms with van der Waals surface area (Å²) in [6.45, 7) is 2.04. The molecule has 3 rings (SSSR count). The molecule has 10 heteroatoms. The van der Waals surface area contributed by atoms with E-state index in [0.29, 0.717) is 42.7 Å². The number of carbonyl (C=O) groups is 3. The van der Waals surface area contributed by atoms with Crippen molar-refractivity contribution in [1.29, 1.82) is 0 Å². The highest BCUT2D eigenvalue weighted by atomic mass is 127. The van der Waals surface area contributed by atoms with Crippen molar-refractivity contribution in [3.8, 4) is 11.5 Å². The number of esters is 1. The number of benzene rings is 2. The maximum Gasteiger partial charge on any atom is 0.343 e. The molecule has 0 unspecified atom stereocenters. The molecule has 0 N–H and O–H groups in total. The van der Waals surface area contributed by atoms with Crippen LogP contribution in [0.25, 0.3) is 6.08 Å². The van der Waals surface area contributed by atoms with Gasteiger partial charge in [0.25, 0.3) is 11.1 Å². The van der Waals surface area contributed by atoms with Gasteiger partial charge in [-0.15, -0.1) is 0 Å². The molecular formula is C22H19ClINO6S. The summed E-state index contributed by atoms with van der Waals surface area (Å²) >= 11 is 9.10. The van der Waals surface area contributed by atoms with Gasteiger partial charge < -0.3 is 14.2 Å². The molecule has 2 aromatic carbocycles. The van der Waals surface area contributed by atoms with E-state index in [1.54, 1.807) is 42.5 Å². The van der Waals surface area contributed by atoms with Gasteiger partial charge in [-0.05, 0) is 76.7 Å². The van der Waals surface area contributed by atoms with Crippen LogP contribution in [0, 0.1) is 3.57 Å². The molecule has 2 aromatic rings. The monoisotopic (exact) mass is 587 g/mol. The number of hydrogen-bond donors (Lipinski definition) is 0. The van der Waals surface area contributed by atoms with Crippen molar-refractivity contribution in [3.05, 3.63) is 61.0 Å². The molecule has 0 spiro atoms. The number of carbonyl (C=O) groups excluding carboxylic acids is 3. The summed E-state index contributed by atoms with van der Waals surface area (Å²) in [7, 11) is 1.28. The van der Waals surface area contributed by atoms with Crippen molar-refractivity contribution in [2.45, 2.75) is 13.5 Å². The summed E-state index contributed by atoms with van der Waals surface area (Å²) in [6, 6.07) is 10.6. The van der Waals surface area contributed by atoms with Crippen LogP contribution in [0.2, 0.25) is 5.02 Å². The average molecular weight is 588 g/mol. The van der Waals surface area contributed by atoms with E-state index in [4.69, 9.17) is 21.1 Å².